The summed E-state index contributed by atoms with van der Waals surface area (Å²) in [5, 5.41) is 0.662. The number of rotatable bonds is 5. The maximum atomic E-state index is 6.29. The summed E-state index contributed by atoms with van der Waals surface area (Å²) in [4.78, 5) is 0. The quantitative estimate of drug-likeness (QED) is 0.850. The number of hydrogen-bond donors (Lipinski definition) is 1. The molecule has 0 aromatic heterocycles. The van der Waals surface area contributed by atoms with Gasteiger partial charge in [-0.3, -0.25) is 0 Å². The van der Waals surface area contributed by atoms with Crippen molar-refractivity contribution in [3.8, 4) is 5.75 Å². The van der Waals surface area contributed by atoms with Gasteiger partial charge in [0.15, 0.2) is 0 Å². The van der Waals surface area contributed by atoms with Crippen molar-refractivity contribution in [2.45, 2.75) is 38.8 Å². The maximum absolute atomic E-state index is 6.29. The lowest BCUT2D eigenvalue weighted by molar-refractivity contribution is 0.190. The lowest BCUT2D eigenvalue weighted by Gasteiger charge is -2.22. The van der Waals surface area contributed by atoms with Crippen LogP contribution in [0.1, 0.15) is 43.9 Å². The molecule has 0 heterocycles. The van der Waals surface area contributed by atoms with Gasteiger partial charge in [-0.05, 0) is 42.2 Å². The molecule has 0 spiro atoms. The van der Waals surface area contributed by atoms with Crippen molar-refractivity contribution in [3.05, 3.63) is 64.7 Å². The highest BCUT2D eigenvalue weighted by Crippen LogP contribution is 2.24. The molecule has 21 heavy (non-hydrogen) atoms. The van der Waals surface area contributed by atoms with Crippen LogP contribution in [0.25, 0.3) is 0 Å². The Labute approximate surface area is 131 Å². The van der Waals surface area contributed by atoms with Gasteiger partial charge in [-0.15, -0.1) is 0 Å². The predicted molar refractivity (Wildman–Crippen MR) is 89.0 cm³/mol. The van der Waals surface area contributed by atoms with E-state index in [9.17, 15) is 0 Å². The molecule has 2 N–H and O–H groups in total. The SMILES string of the molecule is CC(C)c1ccc(C(N)C(C)Oc2cccc(Cl)c2)cc1. The summed E-state index contributed by atoms with van der Waals surface area (Å²) in [6, 6.07) is 15.6. The first kappa shape index (κ1) is 15.9. The minimum Gasteiger partial charge on any atom is -0.489 e. The Bertz CT molecular complexity index is 580. The van der Waals surface area contributed by atoms with Gasteiger partial charge >= 0.3 is 0 Å². The van der Waals surface area contributed by atoms with E-state index in [1.165, 1.54) is 5.56 Å². The number of benzene rings is 2. The molecular formula is C18H22ClNO. The summed E-state index contributed by atoms with van der Waals surface area (Å²) in [6.07, 6.45) is -0.131. The fourth-order valence-corrected chi connectivity index (χ4v) is 2.38. The molecule has 0 aliphatic heterocycles. The molecule has 2 unspecified atom stereocenters. The molecule has 0 bridgehead atoms. The van der Waals surface area contributed by atoms with Crippen molar-refractivity contribution in [1.29, 1.82) is 0 Å². The zero-order chi connectivity index (χ0) is 15.4. The van der Waals surface area contributed by atoms with E-state index in [2.05, 4.69) is 38.1 Å². The molecule has 2 atom stereocenters. The van der Waals surface area contributed by atoms with E-state index in [0.717, 1.165) is 11.3 Å². The summed E-state index contributed by atoms with van der Waals surface area (Å²) < 4.78 is 5.88. The van der Waals surface area contributed by atoms with Crippen LogP contribution in [0.15, 0.2) is 48.5 Å². The minimum atomic E-state index is -0.176. The van der Waals surface area contributed by atoms with E-state index < -0.39 is 0 Å². The van der Waals surface area contributed by atoms with Gasteiger partial charge in [0.2, 0.25) is 0 Å². The van der Waals surface area contributed by atoms with Crippen LogP contribution in [0, 0.1) is 0 Å². The molecule has 0 saturated carbocycles. The van der Waals surface area contributed by atoms with E-state index >= 15 is 0 Å². The normalized spacial score (nSPS) is 14.0. The van der Waals surface area contributed by atoms with Gasteiger partial charge in [0.25, 0.3) is 0 Å². The molecular weight excluding hydrogens is 282 g/mol. The monoisotopic (exact) mass is 303 g/mol. The standard InChI is InChI=1S/C18H22ClNO/c1-12(2)14-7-9-15(10-8-14)18(20)13(3)21-17-6-4-5-16(19)11-17/h4-13,18H,20H2,1-3H3. The Kier molecular flexibility index (Phi) is 5.27. The lowest BCUT2D eigenvalue weighted by atomic mass is 9.97. The van der Waals surface area contributed by atoms with Gasteiger partial charge in [-0.2, -0.15) is 0 Å². The molecule has 0 aliphatic carbocycles. The van der Waals surface area contributed by atoms with Crippen molar-refractivity contribution in [3.63, 3.8) is 0 Å². The molecule has 2 aromatic carbocycles. The Hall–Kier alpha value is -1.51. The average molecular weight is 304 g/mol. The second-order valence-corrected chi connectivity index (χ2v) is 6.06. The van der Waals surface area contributed by atoms with Crippen LogP contribution in [0.2, 0.25) is 5.02 Å². The molecule has 0 amide bonds. The van der Waals surface area contributed by atoms with Gasteiger partial charge in [0.05, 0.1) is 6.04 Å². The van der Waals surface area contributed by atoms with E-state index in [-0.39, 0.29) is 12.1 Å². The first-order valence-electron chi connectivity index (χ1n) is 7.25. The van der Waals surface area contributed by atoms with Crippen LogP contribution in [0.5, 0.6) is 5.75 Å². The first-order valence-corrected chi connectivity index (χ1v) is 7.63. The van der Waals surface area contributed by atoms with Crippen LogP contribution in [0.4, 0.5) is 0 Å². The maximum Gasteiger partial charge on any atom is 0.121 e. The molecule has 112 valence electrons. The highest BCUT2D eigenvalue weighted by Gasteiger charge is 2.17. The van der Waals surface area contributed by atoms with Crippen LogP contribution in [-0.2, 0) is 0 Å². The highest BCUT2D eigenvalue weighted by atomic mass is 35.5. The van der Waals surface area contributed by atoms with E-state index in [4.69, 9.17) is 22.1 Å². The number of ether oxygens (including phenoxy) is 1. The fraction of sp³-hybridized carbons (Fsp3) is 0.333. The molecule has 0 saturated heterocycles. The van der Waals surface area contributed by atoms with E-state index in [1.54, 1.807) is 6.07 Å². The summed E-state index contributed by atoms with van der Waals surface area (Å²) >= 11 is 5.96. The Morgan fingerprint density at radius 3 is 2.14 bits per heavy atom. The molecule has 2 aromatic rings. The Balaban J connectivity index is 2.06. The minimum absolute atomic E-state index is 0.131. The molecule has 0 fully saturated rings. The predicted octanol–water partition coefficient (Wildman–Crippen LogP) is 4.93. The second kappa shape index (κ2) is 6.97. The summed E-state index contributed by atoms with van der Waals surface area (Å²) in [5.41, 5.74) is 8.68. The van der Waals surface area contributed by atoms with Crippen molar-refractivity contribution in [2.24, 2.45) is 5.73 Å². The largest absolute Gasteiger partial charge is 0.489 e. The second-order valence-electron chi connectivity index (χ2n) is 5.63. The number of nitrogens with two attached hydrogens (primary N) is 1. The van der Waals surface area contributed by atoms with Crippen molar-refractivity contribution in [1.82, 2.24) is 0 Å². The first-order chi connectivity index (χ1) is 9.97. The number of hydrogen-bond acceptors (Lipinski definition) is 2. The smallest absolute Gasteiger partial charge is 0.121 e. The third-order valence-electron chi connectivity index (χ3n) is 3.61. The third kappa shape index (κ3) is 4.23. The van der Waals surface area contributed by atoms with Gasteiger partial charge in [-0.1, -0.05) is 55.8 Å². The topological polar surface area (TPSA) is 35.2 Å². The molecule has 3 heteroatoms. The summed E-state index contributed by atoms with van der Waals surface area (Å²) in [5.74, 6) is 1.26. The summed E-state index contributed by atoms with van der Waals surface area (Å²) in [7, 11) is 0. The molecule has 0 aliphatic rings. The van der Waals surface area contributed by atoms with Crippen molar-refractivity contribution in [2.75, 3.05) is 0 Å². The summed E-state index contributed by atoms with van der Waals surface area (Å²) in [6.45, 7) is 6.33. The van der Waals surface area contributed by atoms with E-state index in [1.807, 2.05) is 25.1 Å². The zero-order valence-electron chi connectivity index (χ0n) is 12.7. The van der Waals surface area contributed by atoms with Crippen LogP contribution in [0.3, 0.4) is 0 Å². The van der Waals surface area contributed by atoms with Gasteiger partial charge in [-0.25, -0.2) is 0 Å². The zero-order valence-corrected chi connectivity index (χ0v) is 13.5. The van der Waals surface area contributed by atoms with Crippen LogP contribution < -0.4 is 10.5 Å². The van der Waals surface area contributed by atoms with E-state index in [0.29, 0.717) is 10.9 Å². The van der Waals surface area contributed by atoms with Crippen LogP contribution in [-0.4, -0.2) is 6.10 Å². The highest BCUT2D eigenvalue weighted by molar-refractivity contribution is 6.30. The Morgan fingerprint density at radius 1 is 0.952 bits per heavy atom. The Morgan fingerprint density at radius 2 is 1.57 bits per heavy atom. The number of halogens is 1. The van der Waals surface area contributed by atoms with Crippen molar-refractivity contribution < 1.29 is 4.74 Å². The van der Waals surface area contributed by atoms with Crippen molar-refractivity contribution >= 4 is 11.6 Å². The lowest BCUT2D eigenvalue weighted by Crippen LogP contribution is -2.28. The third-order valence-corrected chi connectivity index (χ3v) is 3.85. The van der Waals surface area contributed by atoms with Crippen LogP contribution >= 0.6 is 11.6 Å². The molecule has 0 radical (unpaired) electrons. The van der Waals surface area contributed by atoms with Gasteiger partial charge in [0.1, 0.15) is 11.9 Å². The fourth-order valence-electron chi connectivity index (χ4n) is 2.20. The molecule has 2 nitrogen and oxygen atoms in total. The average Bonchev–Trinajstić information content (AvgIpc) is 2.46. The van der Waals surface area contributed by atoms with Gasteiger partial charge in [0, 0.05) is 5.02 Å². The molecule has 2 rings (SSSR count). The van der Waals surface area contributed by atoms with Gasteiger partial charge < -0.3 is 10.5 Å².